The average Bonchev–Trinajstić information content (AvgIpc) is 2.45. The van der Waals surface area contributed by atoms with E-state index in [1.54, 1.807) is 18.2 Å². The van der Waals surface area contributed by atoms with E-state index in [4.69, 9.17) is 16.2 Å². The van der Waals surface area contributed by atoms with Crippen molar-refractivity contribution >= 4 is 11.4 Å². The zero-order valence-corrected chi connectivity index (χ0v) is 12.9. The maximum absolute atomic E-state index is 5.84. The Hall–Kier alpha value is -1.38. The molecule has 0 spiro atoms. The van der Waals surface area contributed by atoms with Crippen molar-refractivity contribution in [3.63, 3.8) is 0 Å². The highest BCUT2D eigenvalue weighted by molar-refractivity contribution is 5.59. The van der Waals surface area contributed by atoms with Crippen LogP contribution in [-0.2, 0) is 0 Å². The summed E-state index contributed by atoms with van der Waals surface area (Å²) in [5, 5.41) is 0. The maximum Gasteiger partial charge on any atom is 0.144 e. The second-order valence-electron chi connectivity index (χ2n) is 4.52. The van der Waals surface area contributed by atoms with Crippen LogP contribution in [0.1, 0.15) is 53.4 Å². The van der Waals surface area contributed by atoms with Crippen molar-refractivity contribution < 1.29 is 4.74 Å². The van der Waals surface area contributed by atoms with Gasteiger partial charge < -0.3 is 16.2 Å². The van der Waals surface area contributed by atoms with Crippen LogP contribution < -0.4 is 16.2 Å². The second kappa shape index (κ2) is 10.5. The number of ether oxygens (including phenoxy) is 1. The zero-order chi connectivity index (χ0) is 14.7. The first-order valence-electron chi connectivity index (χ1n) is 7.45. The van der Waals surface area contributed by atoms with E-state index in [1.165, 1.54) is 19.3 Å². The van der Waals surface area contributed by atoms with Crippen LogP contribution in [0.5, 0.6) is 5.75 Å². The average molecular weight is 266 g/mol. The lowest BCUT2D eigenvalue weighted by atomic mass is 10.0. The van der Waals surface area contributed by atoms with Gasteiger partial charge in [-0.15, -0.1) is 0 Å². The first-order valence-corrected chi connectivity index (χ1v) is 7.45. The fourth-order valence-corrected chi connectivity index (χ4v) is 1.78. The second-order valence-corrected chi connectivity index (χ2v) is 4.52. The number of unbranched alkanes of at least 4 members (excludes halogenated alkanes) is 1. The van der Waals surface area contributed by atoms with Gasteiger partial charge in [-0.2, -0.15) is 0 Å². The van der Waals surface area contributed by atoms with Crippen LogP contribution in [0, 0.1) is 5.92 Å². The Morgan fingerprint density at radius 1 is 1.16 bits per heavy atom. The molecule has 19 heavy (non-hydrogen) atoms. The summed E-state index contributed by atoms with van der Waals surface area (Å²) in [6.45, 7) is 9.14. The fourth-order valence-electron chi connectivity index (χ4n) is 1.78. The molecule has 1 rings (SSSR count). The van der Waals surface area contributed by atoms with Gasteiger partial charge in [-0.3, -0.25) is 0 Å². The van der Waals surface area contributed by atoms with Crippen molar-refractivity contribution in [3.8, 4) is 5.75 Å². The number of hydrogen-bond acceptors (Lipinski definition) is 3. The van der Waals surface area contributed by atoms with Gasteiger partial charge in [-0.1, -0.05) is 47.0 Å². The lowest BCUT2D eigenvalue weighted by Crippen LogP contribution is -2.12. The Morgan fingerprint density at radius 2 is 1.84 bits per heavy atom. The molecular weight excluding hydrogens is 236 g/mol. The molecule has 0 aromatic heterocycles. The lowest BCUT2D eigenvalue weighted by molar-refractivity contribution is 0.234. The molecule has 0 amide bonds. The van der Waals surface area contributed by atoms with E-state index in [-0.39, 0.29) is 0 Å². The van der Waals surface area contributed by atoms with Gasteiger partial charge in [0.1, 0.15) is 5.75 Å². The van der Waals surface area contributed by atoms with Gasteiger partial charge in [0.25, 0.3) is 0 Å². The highest BCUT2D eigenvalue weighted by Crippen LogP contribution is 2.25. The molecule has 0 radical (unpaired) electrons. The molecule has 1 unspecified atom stereocenters. The first-order chi connectivity index (χ1) is 9.17. The molecule has 0 saturated heterocycles. The molecule has 3 nitrogen and oxygen atoms in total. The SMILES string of the molecule is CC.CCCCC(CC)COc1cc(N)ccc1N. The molecule has 0 aliphatic rings. The normalized spacial score (nSPS) is 11.4. The van der Waals surface area contributed by atoms with Crippen LogP contribution in [0.4, 0.5) is 11.4 Å². The molecule has 0 bridgehead atoms. The smallest absolute Gasteiger partial charge is 0.144 e. The number of hydrogen-bond donors (Lipinski definition) is 2. The Bertz CT molecular complexity index is 340. The summed E-state index contributed by atoms with van der Waals surface area (Å²) in [7, 11) is 0. The third-order valence-corrected chi connectivity index (χ3v) is 3.06. The van der Waals surface area contributed by atoms with E-state index in [9.17, 15) is 0 Å². The zero-order valence-electron chi connectivity index (χ0n) is 12.9. The summed E-state index contributed by atoms with van der Waals surface area (Å²) in [5.74, 6) is 1.32. The van der Waals surface area contributed by atoms with Crippen LogP contribution >= 0.6 is 0 Å². The number of anilines is 2. The highest BCUT2D eigenvalue weighted by Gasteiger charge is 2.08. The predicted octanol–water partition coefficient (Wildman–Crippen LogP) is 4.47. The topological polar surface area (TPSA) is 61.3 Å². The van der Waals surface area contributed by atoms with Crippen molar-refractivity contribution in [3.05, 3.63) is 18.2 Å². The van der Waals surface area contributed by atoms with E-state index in [1.807, 2.05) is 13.8 Å². The van der Waals surface area contributed by atoms with Gasteiger partial charge in [-0.25, -0.2) is 0 Å². The molecule has 110 valence electrons. The Morgan fingerprint density at radius 3 is 2.42 bits per heavy atom. The molecule has 4 N–H and O–H groups in total. The van der Waals surface area contributed by atoms with Gasteiger partial charge in [0.05, 0.1) is 12.3 Å². The number of benzene rings is 1. The van der Waals surface area contributed by atoms with Gasteiger partial charge in [-0.05, 0) is 24.5 Å². The first kappa shape index (κ1) is 17.6. The Kier molecular flexibility index (Phi) is 9.77. The third-order valence-electron chi connectivity index (χ3n) is 3.06. The molecule has 1 aromatic rings. The molecule has 1 atom stereocenters. The van der Waals surface area contributed by atoms with Crippen molar-refractivity contribution in [1.29, 1.82) is 0 Å². The molecule has 0 heterocycles. The van der Waals surface area contributed by atoms with E-state index in [0.29, 0.717) is 23.0 Å². The summed E-state index contributed by atoms with van der Waals surface area (Å²) < 4.78 is 5.76. The number of nitrogen functional groups attached to an aromatic ring is 2. The molecular formula is C16H30N2O. The summed E-state index contributed by atoms with van der Waals surface area (Å²) in [6.07, 6.45) is 4.85. The quantitative estimate of drug-likeness (QED) is 0.716. The summed E-state index contributed by atoms with van der Waals surface area (Å²) in [5.41, 5.74) is 12.9. The monoisotopic (exact) mass is 266 g/mol. The van der Waals surface area contributed by atoms with Crippen molar-refractivity contribution in [2.45, 2.75) is 53.4 Å². The van der Waals surface area contributed by atoms with Gasteiger partial charge in [0.2, 0.25) is 0 Å². The molecule has 0 fully saturated rings. The molecule has 3 heteroatoms. The molecule has 0 aliphatic heterocycles. The minimum atomic E-state index is 0.607. The molecule has 0 aliphatic carbocycles. The van der Waals surface area contributed by atoms with E-state index in [0.717, 1.165) is 13.0 Å². The molecule has 1 aromatic carbocycles. The van der Waals surface area contributed by atoms with Crippen LogP contribution in [0.2, 0.25) is 0 Å². The van der Waals surface area contributed by atoms with Crippen molar-refractivity contribution in [1.82, 2.24) is 0 Å². The van der Waals surface area contributed by atoms with E-state index >= 15 is 0 Å². The predicted molar refractivity (Wildman–Crippen MR) is 85.4 cm³/mol. The number of rotatable bonds is 7. The minimum absolute atomic E-state index is 0.607. The Balaban J connectivity index is 0.00000154. The van der Waals surface area contributed by atoms with Gasteiger partial charge in [0, 0.05) is 11.8 Å². The van der Waals surface area contributed by atoms with Crippen LogP contribution in [0.15, 0.2) is 18.2 Å². The largest absolute Gasteiger partial charge is 0.491 e. The van der Waals surface area contributed by atoms with Crippen molar-refractivity contribution in [2.24, 2.45) is 5.92 Å². The lowest BCUT2D eigenvalue weighted by Gasteiger charge is -2.16. The van der Waals surface area contributed by atoms with Crippen LogP contribution in [0.3, 0.4) is 0 Å². The molecule has 0 saturated carbocycles. The summed E-state index contributed by atoms with van der Waals surface area (Å²) >= 11 is 0. The highest BCUT2D eigenvalue weighted by atomic mass is 16.5. The van der Waals surface area contributed by atoms with Crippen LogP contribution in [-0.4, -0.2) is 6.61 Å². The third kappa shape index (κ3) is 6.94. The standard InChI is InChI=1S/C14H24N2O.C2H6/c1-3-5-6-11(4-2)10-17-14-9-12(15)7-8-13(14)16;1-2/h7-9,11H,3-6,10,15-16H2,1-2H3;1-2H3. The van der Waals surface area contributed by atoms with Crippen molar-refractivity contribution in [2.75, 3.05) is 18.1 Å². The maximum atomic E-state index is 5.84. The minimum Gasteiger partial charge on any atom is -0.491 e. The van der Waals surface area contributed by atoms with E-state index in [2.05, 4.69) is 13.8 Å². The number of nitrogens with two attached hydrogens (primary N) is 2. The Labute approximate surface area is 118 Å². The van der Waals surface area contributed by atoms with Crippen LogP contribution in [0.25, 0.3) is 0 Å². The van der Waals surface area contributed by atoms with E-state index < -0.39 is 0 Å². The van der Waals surface area contributed by atoms with Gasteiger partial charge in [0.15, 0.2) is 0 Å². The fraction of sp³-hybridized carbons (Fsp3) is 0.625. The summed E-state index contributed by atoms with van der Waals surface area (Å²) in [4.78, 5) is 0. The summed E-state index contributed by atoms with van der Waals surface area (Å²) in [6, 6.07) is 5.37. The van der Waals surface area contributed by atoms with Gasteiger partial charge >= 0.3 is 0 Å².